The normalized spacial score (nSPS) is 28.6. The van der Waals surface area contributed by atoms with Crippen LogP contribution in [0.4, 0.5) is 0 Å². The molecule has 0 saturated carbocycles. The van der Waals surface area contributed by atoms with Gasteiger partial charge in [-0.25, -0.2) is 4.98 Å². The lowest BCUT2D eigenvalue weighted by atomic mass is 10.0. The van der Waals surface area contributed by atoms with Crippen LogP contribution in [0, 0.1) is 5.92 Å². The van der Waals surface area contributed by atoms with E-state index in [0.29, 0.717) is 6.04 Å². The van der Waals surface area contributed by atoms with Gasteiger partial charge in [0.25, 0.3) is 0 Å². The molecule has 4 heteroatoms. The van der Waals surface area contributed by atoms with Crippen molar-refractivity contribution in [3.63, 3.8) is 0 Å². The molecule has 1 saturated heterocycles. The Morgan fingerprint density at radius 2 is 2.28 bits per heavy atom. The van der Waals surface area contributed by atoms with E-state index in [9.17, 15) is 0 Å². The van der Waals surface area contributed by atoms with Crippen LogP contribution in [0.15, 0.2) is 6.20 Å². The Morgan fingerprint density at radius 3 is 3.06 bits per heavy atom. The Balaban J connectivity index is 1.67. The summed E-state index contributed by atoms with van der Waals surface area (Å²) in [6.45, 7) is 7.01. The molecule has 100 valence electrons. The maximum absolute atomic E-state index is 6.01. The van der Waals surface area contributed by atoms with Crippen LogP contribution in [-0.4, -0.2) is 40.1 Å². The quantitative estimate of drug-likeness (QED) is 0.869. The zero-order chi connectivity index (χ0) is 12.5. The van der Waals surface area contributed by atoms with Gasteiger partial charge in [0, 0.05) is 43.9 Å². The van der Waals surface area contributed by atoms with Gasteiger partial charge in [0.2, 0.25) is 0 Å². The number of aromatic nitrogens is 2. The average Bonchev–Trinajstić information content (AvgIpc) is 2.97. The first-order valence-electron chi connectivity index (χ1n) is 7.27. The molecule has 0 aromatic carbocycles. The fraction of sp³-hybridized carbons (Fsp3) is 0.786. The Hall–Kier alpha value is -0.870. The van der Waals surface area contributed by atoms with E-state index in [4.69, 9.17) is 5.73 Å². The molecule has 2 unspecified atom stereocenters. The van der Waals surface area contributed by atoms with Crippen molar-refractivity contribution in [3.05, 3.63) is 17.7 Å². The summed E-state index contributed by atoms with van der Waals surface area (Å²) in [7, 11) is 0. The van der Waals surface area contributed by atoms with Crippen molar-refractivity contribution in [2.45, 2.75) is 45.2 Å². The zero-order valence-corrected chi connectivity index (χ0v) is 11.3. The third kappa shape index (κ3) is 2.31. The van der Waals surface area contributed by atoms with Crippen LogP contribution in [-0.2, 0) is 19.4 Å². The first-order chi connectivity index (χ1) is 8.76. The van der Waals surface area contributed by atoms with Crippen LogP contribution in [0.25, 0.3) is 0 Å². The Labute approximate surface area is 109 Å². The van der Waals surface area contributed by atoms with Crippen molar-refractivity contribution >= 4 is 0 Å². The maximum Gasteiger partial charge on any atom is 0.109 e. The molecule has 4 nitrogen and oxygen atoms in total. The SMILES string of the molecule is CCN1CCC(Cc2ncc3n2CCC(N)C3)C1. The fourth-order valence-electron chi connectivity index (χ4n) is 3.34. The van der Waals surface area contributed by atoms with Gasteiger partial charge < -0.3 is 15.2 Å². The van der Waals surface area contributed by atoms with Gasteiger partial charge in [-0.1, -0.05) is 6.92 Å². The van der Waals surface area contributed by atoms with Gasteiger partial charge in [0.15, 0.2) is 0 Å². The molecule has 0 aliphatic carbocycles. The van der Waals surface area contributed by atoms with Crippen molar-refractivity contribution in [2.24, 2.45) is 11.7 Å². The highest BCUT2D eigenvalue weighted by Crippen LogP contribution is 2.23. The maximum atomic E-state index is 6.01. The first-order valence-corrected chi connectivity index (χ1v) is 7.27. The number of rotatable bonds is 3. The van der Waals surface area contributed by atoms with Gasteiger partial charge in [-0.15, -0.1) is 0 Å². The van der Waals surface area contributed by atoms with Crippen LogP contribution in [0.3, 0.4) is 0 Å². The molecule has 3 heterocycles. The van der Waals surface area contributed by atoms with E-state index in [-0.39, 0.29) is 0 Å². The number of fused-ring (bicyclic) bond motifs is 1. The van der Waals surface area contributed by atoms with Crippen molar-refractivity contribution in [2.75, 3.05) is 19.6 Å². The second kappa shape index (κ2) is 5.02. The number of hydrogen-bond donors (Lipinski definition) is 1. The van der Waals surface area contributed by atoms with Crippen molar-refractivity contribution < 1.29 is 0 Å². The van der Waals surface area contributed by atoms with E-state index in [0.717, 1.165) is 31.7 Å². The standard InChI is InChI=1S/C14H24N4/c1-2-17-5-3-11(10-17)7-14-16-9-13-8-12(15)4-6-18(13)14/h9,11-12H,2-8,10,15H2,1H3. The topological polar surface area (TPSA) is 47.1 Å². The summed E-state index contributed by atoms with van der Waals surface area (Å²) in [4.78, 5) is 7.18. The average molecular weight is 248 g/mol. The molecule has 1 aromatic rings. The number of likely N-dealkylation sites (tertiary alicyclic amines) is 1. The van der Waals surface area contributed by atoms with Gasteiger partial charge >= 0.3 is 0 Å². The van der Waals surface area contributed by atoms with E-state index >= 15 is 0 Å². The first kappa shape index (κ1) is 12.2. The third-order valence-corrected chi connectivity index (χ3v) is 4.50. The molecule has 2 N–H and O–H groups in total. The molecular weight excluding hydrogens is 224 g/mol. The molecule has 18 heavy (non-hydrogen) atoms. The highest BCUT2D eigenvalue weighted by atomic mass is 15.1. The van der Waals surface area contributed by atoms with Crippen molar-refractivity contribution in [1.82, 2.24) is 14.5 Å². The largest absolute Gasteiger partial charge is 0.332 e. The third-order valence-electron chi connectivity index (χ3n) is 4.50. The fourth-order valence-corrected chi connectivity index (χ4v) is 3.34. The predicted octanol–water partition coefficient (Wildman–Crippen LogP) is 1.04. The molecule has 1 fully saturated rings. The van der Waals surface area contributed by atoms with Gasteiger partial charge in [-0.3, -0.25) is 0 Å². The lowest BCUT2D eigenvalue weighted by Gasteiger charge is -2.22. The van der Waals surface area contributed by atoms with Crippen LogP contribution in [0.5, 0.6) is 0 Å². The molecule has 2 atom stereocenters. The van der Waals surface area contributed by atoms with E-state index in [1.807, 2.05) is 6.20 Å². The summed E-state index contributed by atoms with van der Waals surface area (Å²) >= 11 is 0. The minimum Gasteiger partial charge on any atom is -0.332 e. The van der Waals surface area contributed by atoms with Gasteiger partial charge in [0.1, 0.15) is 5.82 Å². The van der Waals surface area contributed by atoms with E-state index in [1.54, 1.807) is 0 Å². The van der Waals surface area contributed by atoms with Crippen LogP contribution < -0.4 is 5.73 Å². The molecule has 2 aliphatic heterocycles. The van der Waals surface area contributed by atoms with E-state index < -0.39 is 0 Å². The summed E-state index contributed by atoms with van der Waals surface area (Å²) < 4.78 is 2.41. The molecule has 2 aliphatic rings. The molecule has 0 radical (unpaired) electrons. The van der Waals surface area contributed by atoms with Crippen molar-refractivity contribution in [3.8, 4) is 0 Å². The lowest BCUT2D eigenvalue weighted by molar-refractivity contribution is 0.339. The molecular formula is C14H24N4. The number of nitrogens with zero attached hydrogens (tertiary/aromatic N) is 3. The second-order valence-corrected chi connectivity index (χ2v) is 5.82. The zero-order valence-electron chi connectivity index (χ0n) is 11.3. The summed E-state index contributed by atoms with van der Waals surface area (Å²) in [5.74, 6) is 2.09. The molecule has 0 bridgehead atoms. The van der Waals surface area contributed by atoms with Crippen molar-refractivity contribution in [1.29, 1.82) is 0 Å². The van der Waals surface area contributed by atoms with Gasteiger partial charge in [0.05, 0.1) is 0 Å². The second-order valence-electron chi connectivity index (χ2n) is 5.82. The molecule has 1 aromatic heterocycles. The van der Waals surface area contributed by atoms with Crippen LogP contribution in [0.2, 0.25) is 0 Å². The van der Waals surface area contributed by atoms with E-state index in [1.165, 1.54) is 37.6 Å². The summed E-state index contributed by atoms with van der Waals surface area (Å²) in [5.41, 5.74) is 7.35. The summed E-state index contributed by atoms with van der Waals surface area (Å²) in [6.07, 6.45) is 6.61. The highest BCUT2D eigenvalue weighted by Gasteiger charge is 2.25. The Morgan fingerprint density at radius 1 is 1.39 bits per heavy atom. The number of imidazole rings is 1. The highest BCUT2D eigenvalue weighted by molar-refractivity contribution is 5.11. The van der Waals surface area contributed by atoms with Crippen LogP contribution >= 0.6 is 0 Å². The summed E-state index contributed by atoms with van der Waals surface area (Å²) in [6, 6.07) is 0.337. The predicted molar refractivity (Wildman–Crippen MR) is 72.4 cm³/mol. The van der Waals surface area contributed by atoms with Gasteiger partial charge in [-0.2, -0.15) is 0 Å². The Bertz CT molecular complexity index is 412. The summed E-state index contributed by atoms with van der Waals surface area (Å²) in [5, 5.41) is 0. The smallest absolute Gasteiger partial charge is 0.109 e. The minimum absolute atomic E-state index is 0.337. The van der Waals surface area contributed by atoms with E-state index in [2.05, 4.69) is 21.4 Å². The number of hydrogen-bond acceptors (Lipinski definition) is 3. The minimum atomic E-state index is 0.337. The molecule has 3 rings (SSSR count). The molecule has 0 amide bonds. The van der Waals surface area contributed by atoms with Crippen LogP contribution in [0.1, 0.15) is 31.3 Å². The number of nitrogens with two attached hydrogens (primary N) is 1. The Kier molecular flexibility index (Phi) is 3.39. The molecule has 0 spiro atoms. The monoisotopic (exact) mass is 248 g/mol. The lowest BCUT2D eigenvalue weighted by Crippen LogP contribution is -2.31. The van der Waals surface area contributed by atoms with Gasteiger partial charge in [-0.05, 0) is 31.8 Å².